The van der Waals surface area contributed by atoms with E-state index in [1.54, 1.807) is 13.0 Å². The first-order valence-corrected chi connectivity index (χ1v) is 5.97. The summed E-state index contributed by atoms with van der Waals surface area (Å²) in [7, 11) is 0. The SMILES string of the molecule is Cc1ccc(F)c(C(NN)c2cccs2)c1F. The normalized spacial score (nSPS) is 12.7. The Kier molecular flexibility index (Phi) is 3.51. The lowest BCUT2D eigenvalue weighted by atomic mass is 10.0. The molecule has 1 aromatic heterocycles. The van der Waals surface area contributed by atoms with Gasteiger partial charge in [-0.1, -0.05) is 12.1 Å². The van der Waals surface area contributed by atoms with Crippen molar-refractivity contribution in [2.75, 3.05) is 0 Å². The average Bonchev–Trinajstić information content (AvgIpc) is 2.83. The van der Waals surface area contributed by atoms with Crippen LogP contribution in [0.3, 0.4) is 0 Å². The van der Waals surface area contributed by atoms with Gasteiger partial charge in [-0.05, 0) is 30.0 Å². The molecule has 2 rings (SSSR count). The molecule has 17 heavy (non-hydrogen) atoms. The summed E-state index contributed by atoms with van der Waals surface area (Å²) in [5.41, 5.74) is 2.83. The number of hydrogen-bond acceptors (Lipinski definition) is 3. The quantitative estimate of drug-likeness (QED) is 0.653. The molecule has 0 bridgehead atoms. The molecule has 1 atom stereocenters. The van der Waals surface area contributed by atoms with Crippen LogP contribution in [0, 0.1) is 18.6 Å². The van der Waals surface area contributed by atoms with Gasteiger partial charge in [0.25, 0.3) is 0 Å². The summed E-state index contributed by atoms with van der Waals surface area (Å²) in [6.45, 7) is 1.60. The summed E-state index contributed by atoms with van der Waals surface area (Å²) in [4.78, 5) is 0.774. The van der Waals surface area contributed by atoms with Crippen LogP contribution in [0.25, 0.3) is 0 Å². The fraction of sp³-hybridized carbons (Fsp3) is 0.167. The van der Waals surface area contributed by atoms with E-state index < -0.39 is 17.7 Å². The molecule has 0 radical (unpaired) electrons. The van der Waals surface area contributed by atoms with E-state index in [2.05, 4.69) is 5.43 Å². The molecule has 0 saturated carbocycles. The molecule has 2 aromatic rings. The number of halogens is 2. The molecule has 0 aliphatic rings. The van der Waals surface area contributed by atoms with Gasteiger partial charge in [-0.3, -0.25) is 5.84 Å². The molecule has 0 spiro atoms. The molecule has 0 fully saturated rings. The van der Waals surface area contributed by atoms with Crippen molar-refractivity contribution < 1.29 is 8.78 Å². The Balaban J connectivity index is 2.55. The molecule has 0 aliphatic carbocycles. The van der Waals surface area contributed by atoms with E-state index in [4.69, 9.17) is 5.84 Å². The van der Waals surface area contributed by atoms with E-state index in [-0.39, 0.29) is 5.56 Å². The van der Waals surface area contributed by atoms with Gasteiger partial charge in [0.15, 0.2) is 0 Å². The lowest BCUT2D eigenvalue weighted by molar-refractivity contribution is 0.509. The van der Waals surface area contributed by atoms with Crippen LogP contribution in [-0.4, -0.2) is 0 Å². The Morgan fingerprint density at radius 2 is 2.06 bits per heavy atom. The van der Waals surface area contributed by atoms with E-state index in [1.807, 2.05) is 11.4 Å². The van der Waals surface area contributed by atoms with E-state index >= 15 is 0 Å². The van der Waals surface area contributed by atoms with Crippen LogP contribution in [0.1, 0.15) is 22.0 Å². The molecule has 0 saturated heterocycles. The van der Waals surface area contributed by atoms with Gasteiger partial charge in [0.05, 0.1) is 6.04 Å². The van der Waals surface area contributed by atoms with Crippen LogP contribution >= 0.6 is 11.3 Å². The highest BCUT2D eigenvalue weighted by Crippen LogP contribution is 2.30. The Morgan fingerprint density at radius 1 is 1.29 bits per heavy atom. The highest BCUT2D eigenvalue weighted by molar-refractivity contribution is 7.10. The molecular weight excluding hydrogens is 242 g/mol. The number of nitrogens with two attached hydrogens (primary N) is 1. The summed E-state index contributed by atoms with van der Waals surface area (Å²) < 4.78 is 27.7. The summed E-state index contributed by atoms with van der Waals surface area (Å²) in [6.07, 6.45) is 0. The Labute approximate surface area is 102 Å². The second-order valence-corrected chi connectivity index (χ2v) is 4.69. The molecule has 1 heterocycles. The van der Waals surface area contributed by atoms with Gasteiger partial charge in [-0.15, -0.1) is 11.3 Å². The number of rotatable bonds is 3. The molecule has 0 aliphatic heterocycles. The Bertz CT molecular complexity index is 511. The van der Waals surface area contributed by atoms with E-state index in [1.165, 1.54) is 23.5 Å². The van der Waals surface area contributed by atoms with Crippen molar-refractivity contribution in [1.29, 1.82) is 0 Å². The van der Waals surface area contributed by atoms with Crippen LogP contribution in [0.4, 0.5) is 8.78 Å². The predicted octanol–water partition coefficient (Wildman–Crippen LogP) is 2.89. The standard InChI is InChI=1S/C12H12F2N2S/c1-7-4-5-8(13)10(11(7)14)12(16-15)9-3-2-6-17-9/h2-6,12,16H,15H2,1H3. The van der Waals surface area contributed by atoms with Crippen LogP contribution in [0.15, 0.2) is 29.6 Å². The minimum atomic E-state index is -0.658. The Morgan fingerprint density at radius 3 is 2.65 bits per heavy atom. The first-order valence-electron chi connectivity index (χ1n) is 5.09. The number of benzene rings is 1. The van der Waals surface area contributed by atoms with Crippen molar-refractivity contribution in [1.82, 2.24) is 5.43 Å². The zero-order chi connectivity index (χ0) is 12.4. The fourth-order valence-corrected chi connectivity index (χ4v) is 2.50. The molecule has 90 valence electrons. The summed E-state index contributed by atoms with van der Waals surface area (Å²) >= 11 is 1.40. The zero-order valence-electron chi connectivity index (χ0n) is 9.21. The van der Waals surface area contributed by atoms with Gasteiger partial charge in [-0.2, -0.15) is 0 Å². The largest absolute Gasteiger partial charge is 0.271 e. The second kappa shape index (κ2) is 4.91. The summed E-state index contributed by atoms with van der Waals surface area (Å²) in [5.74, 6) is 4.26. The van der Waals surface area contributed by atoms with Crippen molar-refractivity contribution in [3.63, 3.8) is 0 Å². The summed E-state index contributed by atoms with van der Waals surface area (Å²) in [5, 5.41) is 1.84. The van der Waals surface area contributed by atoms with E-state index in [0.717, 1.165) is 4.88 Å². The predicted molar refractivity (Wildman–Crippen MR) is 64.6 cm³/mol. The van der Waals surface area contributed by atoms with Gasteiger partial charge in [0, 0.05) is 10.4 Å². The molecule has 1 aromatic carbocycles. The number of nitrogens with one attached hydrogen (secondary N) is 1. The Hall–Kier alpha value is -1.30. The van der Waals surface area contributed by atoms with E-state index in [0.29, 0.717) is 5.56 Å². The maximum absolute atomic E-state index is 14.0. The van der Waals surface area contributed by atoms with Crippen molar-refractivity contribution in [3.05, 3.63) is 57.3 Å². The molecule has 3 N–H and O–H groups in total. The van der Waals surface area contributed by atoms with Crippen LogP contribution < -0.4 is 11.3 Å². The third kappa shape index (κ3) is 2.22. The van der Waals surface area contributed by atoms with Crippen LogP contribution in [-0.2, 0) is 0 Å². The highest BCUT2D eigenvalue weighted by atomic mass is 32.1. The van der Waals surface area contributed by atoms with Gasteiger partial charge >= 0.3 is 0 Å². The summed E-state index contributed by atoms with van der Waals surface area (Å²) in [6, 6.07) is 5.61. The lowest BCUT2D eigenvalue weighted by Crippen LogP contribution is -2.30. The van der Waals surface area contributed by atoms with Gasteiger partial charge in [-0.25, -0.2) is 14.2 Å². The zero-order valence-corrected chi connectivity index (χ0v) is 10.0. The third-order valence-corrected chi connectivity index (χ3v) is 3.54. The number of aryl methyl sites for hydroxylation is 1. The topological polar surface area (TPSA) is 38.0 Å². The number of hydrazine groups is 1. The van der Waals surface area contributed by atoms with Crippen molar-refractivity contribution >= 4 is 11.3 Å². The second-order valence-electron chi connectivity index (χ2n) is 3.71. The molecule has 2 nitrogen and oxygen atoms in total. The first-order chi connectivity index (χ1) is 8.15. The van der Waals surface area contributed by atoms with Crippen LogP contribution in [0.2, 0.25) is 0 Å². The fourth-order valence-electron chi connectivity index (χ4n) is 1.71. The van der Waals surface area contributed by atoms with Crippen molar-refractivity contribution in [3.8, 4) is 0 Å². The monoisotopic (exact) mass is 254 g/mol. The van der Waals surface area contributed by atoms with Crippen LogP contribution in [0.5, 0.6) is 0 Å². The van der Waals surface area contributed by atoms with E-state index in [9.17, 15) is 8.78 Å². The van der Waals surface area contributed by atoms with Crippen molar-refractivity contribution in [2.24, 2.45) is 5.84 Å². The minimum absolute atomic E-state index is 0.0325. The third-order valence-electron chi connectivity index (χ3n) is 2.60. The van der Waals surface area contributed by atoms with Gasteiger partial charge < -0.3 is 0 Å². The molecular formula is C12H12F2N2S. The van der Waals surface area contributed by atoms with Crippen molar-refractivity contribution in [2.45, 2.75) is 13.0 Å². The number of hydrogen-bond donors (Lipinski definition) is 2. The molecule has 0 amide bonds. The highest BCUT2D eigenvalue weighted by Gasteiger charge is 2.22. The minimum Gasteiger partial charge on any atom is -0.271 e. The number of thiophene rings is 1. The maximum atomic E-state index is 14.0. The first kappa shape index (κ1) is 12.2. The maximum Gasteiger partial charge on any atom is 0.134 e. The van der Waals surface area contributed by atoms with Gasteiger partial charge in [0.2, 0.25) is 0 Å². The average molecular weight is 254 g/mol. The molecule has 5 heteroatoms. The van der Waals surface area contributed by atoms with Gasteiger partial charge in [0.1, 0.15) is 11.6 Å². The lowest BCUT2D eigenvalue weighted by Gasteiger charge is -2.17. The molecule has 1 unspecified atom stereocenters. The smallest absolute Gasteiger partial charge is 0.134 e.